The molecule has 1 atom stereocenters. The second-order valence-corrected chi connectivity index (χ2v) is 5.96. The normalized spacial score (nSPS) is 12.6. The van der Waals surface area contributed by atoms with Crippen LogP contribution in [0.3, 0.4) is 0 Å². The van der Waals surface area contributed by atoms with Gasteiger partial charge in [-0.1, -0.05) is 18.2 Å². The van der Waals surface area contributed by atoms with Crippen molar-refractivity contribution in [2.45, 2.75) is 37.8 Å². The minimum absolute atomic E-state index is 0.437. The Kier molecular flexibility index (Phi) is 5.68. The van der Waals surface area contributed by atoms with Crippen LogP contribution in [0.5, 0.6) is 0 Å². The van der Waals surface area contributed by atoms with Crippen LogP contribution in [0.4, 0.5) is 0 Å². The molecule has 0 aliphatic carbocycles. The summed E-state index contributed by atoms with van der Waals surface area (Å²) in [6.45, 7) is 5.30. The zero-order valence-electron chi connectivity index (χ0n) is 12.5. The number of rotatable bonds is 7. The summed E-state index contributed by atoms with van der Waals surface area (Å²) in [5.74, 6) is 2.22. The second-order valence-electron chi connectivity index (χ2n) is 4.90. The van der Waals surface area contributed by atoms with Gasteiger partial charge in [0.1, 0.15) is 5.82 Å². The van der Waals surface area contributed by atoms with Gasteiger partial charge in [0, 0.05) is 42.0 Å². The number of hydrogen-bond acceptors (Lipinski definition) is 3. The summed E-state index contributed by atoms with van der Waals surface area (Å²) in [7, 11) is 2.03. The molecule has 0 aliphatic rings. The fourth-order valence-electron chi connectivity index (χ4n) is 2.19. The Morgan fingerprint density at radius 1 is 1.35 bits per heavy atom. The highest BCUT2D eigenvalue weighted by Gasteiger charge is 2.12. The monoisotopic (exact) mass is 289 g/mol. The zero-order valence-corrected chi connectivity index (χ0v) is 13.3. The maximum atomic E-state index is 4.46. The van der Waals surface area contributed by atoms with Gasteiger partial charge in [0.05, 0.1) is 0 Å². The smallest absolute Gasteiger partial charge is 0.110 e. The number of aromatic nitrogens is 2. The Morgan fingerprint density at radius 2 is 2.15 bits per heavy atom. The van der Waals surface area contributed by atoms with Crippen molar-refractivity contribution >= 4 is 11.8 Å². The van der Waals surface area contributed by atoms with Crippen LogP contribution in [0.15, 0.2) is 41.6 Å². The van der Waals surface area contributed by atoms with E-state index in [4.69, 9.17) is 0 Å². The van der Waals surface area contributed by atoms with Gasteiger partial charge in [-0.15, -0.1) is 11.8 Å². The average molecular weight is 289 g/mol. The highest BCUT2D eigenvalue weighted by Crippen LogP contribution is 2.23. The number of nitrogens with zero attached hydrogens (tertiary/aromatic N) is 2. The standard InChI is InChI=1S/C16H23N3S/c1-4-19-10-9-18-16(19)11-14(17-3)12-20-15-8-6-5-7-13(15)2/h5-10,14,17H,4,11-12H2,1-3H3. The van der Waals surface area contributed by atoms with Gasteiger partial charge in [0.25, 0.3) is 0 Å². The summed E-state index contributed by atoms with van der Waals surface area (Å²) in [5.41, 5.74) is 1.35. The second kappa shape index (κ2) is 7.50. The van der Waals surface area contributed by atoms with E-state index in [2.05, 4.69) is 59.2 Å². The molecule has 4 heteroatoms. The molecule has 20 heavy (non-hydrogen) atoms. The van der Waals surface area contributed by atoms with E-state index in [0.29, 0.717) is 6.04 Å². The van der Waals surface area contributed by atoms with E-state index in [1.807, 2.05) is 25.0 Å². The van der Waals surface area contributed by atoms with Gasteiger partial charge in [-0.05, 0) is 32.5 Å². The zero-order chi connectivity index (χ0) is 14.4. The van der Waals surface area contributed by atoms with Crippen molar-refractivity contribution in [2.24, 2.45) is 0 Å². The number of imidazole rings is 1. The number of benzene rings is 1. The van der Waals surface area contributed by atoms with Crippen LogP contribution in [0, 0.1) is 6.92 Å². The van der Waals surface area contributed by atoms with Gasteiger partial charge in [0.15, 0.2) is 0 Å². The Morgan fingerprint density at radius 3 is 2.85 bits per heavy atom. The highest BCUT2D eigenvalue weighted by atomic mass is 32.2. The van der Waals surface area contributed by atoms with Gasteiger partial charge < -0.3 is 9.88 Å². The van der Waals surface area contributed by atoms with Crippen molar-refractivity contribution in [1.29, 1.82) is 0 Å². The van der Waals surface area contributed by atoms with E-state index in [0.717, 1.165) is 24.5 Å². The molecule has 0 fully saturated rings. The minimum atomic E-state index is 0.437. The third-order valence-corrected chi connectivity index (χ3v) is 4.85. The first-order valence-electron chi connectivity index (χ1n) is 7.10. The van der Waals surface area contributed by atoms with Crippen molar-refractivity contribution in [1.82, 2.24) is 14.9 Å². The Labute approximate surface area is 125 Å². The summed E-state index contributed by atoms with van der Waals surface area (Å²) < 4.78 is 2.21. The molecule has 1 N–H and O–H groups in total. The molecule has 2 rings (SSSR count). The average Bonchev–Trinajstić information content (AvgIpc) is 2.92. The predicted molar refractivity (Wildman–Crippen MR) is 86.4 cm³/mol. The fourth-order valence-corrected chi connectivity index (χ4v) is 3.33. The van der Waals surface area contributed by atoms with E-state index in [1.54, 1.807) is 0 Å². The first-order chi connectivity index (χ1) is 9.74. The van der Waals surface area contributed by atoms with E-state index >= 15 is 0 Å². The lowest BCUT2D eigenvalue weighted by atomic mass is 10.2. The van der Waals surface area contributed by atoms with Crippen molar-refractivity contribution in [3.63, 3.8) is 0 Å². The van der Waals surface area contributed by atoms with Gasteiger partial charge in [-0.2, -0.15) is 0 Å². The molecule has 1 aromatic carbocycles. The molecular weight excluding hydrogens is 266 g/mol. The van der Waals surface area contributed by atoms with Crippen molar-refractivity contribution in [3.05, 3.63) is 48.0 Å². The third kappa shape index (κ3) is 3.87. The van der Waals surface area contributed by atoms with Crippen molar-refractivity contribution in [2.75, 3.05) is 12.8 Å². The SMILES string of the molecule is CCn1ccnc1CC(CSc1ccccc1C)NC. The van der Waals surface area contributed by atoms with E-state index in [9.17, 15) is 0 Å². The number of thioether (sulfide) groups is 1. The summed E-state index contributed by atoms with van der Waals surface area (Å²) in [6, 6.07) is 8.99. The lowest BCUT2D eigenvalue weighted by Gasteiger charge is -2.16. The maximum absolute atomic E-state index is 4.46. The van der Waals surface area contributed by atoms with Crippen LogP contribution >= 0.6 is 11.8 Å². The highest BCUT2D eigenvalue weighted by molar-refractivity contribution is 7.99. The molecular formula is C16H23N3S. The first kappa shape index (κ1) is 15.1. The third-order valence-electron chi connectivity index (χ3n) is 3.51. The van der Waals surface area contributed by atoms with Gasteiger partial charge >= 0.3 is 0 Å². The van der Waals surface area contributed by atoms with Crippen molar-refractivity contribution < 1.29 is 0 Å². The molecule has 1 heterocycles. The van der Waals surface area contributed by atoms with E-state index < -0.39 is 0 Å². The summed E-state index contributed by atoms with van der Waals surface area (Å²) in [6.07, 6.45) is 4.91. The number of aryl methyl sites for hydroxylation is 2. The molecule has 0 saturated carbocycles. The molecule has 0 bridgehead atoms. The van der Waals surface area contributed by atoms with Crippen molar-refractivity contribution in [3.8, 4) is 0 Å². The summed E-state index contributed by atoms with van der Waals surface area (Å²) in [5, 5.41) is 3.41. The Balaban J connectivity index is 1.94. The minimum Gasteiger partial charge on any atom is -0.335 e. The predicted octanol–water partition coefficient (Wildman–Crippen LogP) is 3.13. The van der Waals surface area contributed by atoms with E-state index in [-0.39, 0.29) is 0 Å². The van der Waals surface area contributed by atoms with Gasteiger partial charge in [-0.3, -0.25) is 0 Å². The topological polar surface area (TPSA) is 29.9 Å². The lowest BCUT2D eigenvalue weighted by Crippen LogP contribution is -2.31. The lowest BCUT2D eigenvalue weighted by molar-refractivity contribution is 0.573. The molecule has 1 aromatic heterocycles. The number of nitrogens with one attached hydrogen (secondary N) is 1. The fraction of sp³-hybridized carbons (Fsp3) is 0.438. The Hall–Kier alpha value is -1.26. The summed E-state index contributed by atoms with van der Waals surface area (Å²) >= 11 is 1.92. The van der Waals surface area contributed by atoms with Crippen LogP contribution in [-0.2, 0) is 13.0 Å². The molecule has 0 saturated heterocycles. The van der Waals surface area contributed by atoms with Gasteiger partial charge in [0.2, 0.25) is 0 Å². The van der Waals surface area contributed by atoms with Gasteiger partial charge in [-0.25, -0.2) is 4.98 Å². The first-order valence-corrected chi connectivity index (χ1v) is 8.08. The molecule has 0 radical (unpaired) electrons. The number of hydrogen-bond donors (Lipinski definition) is 1. The van der Waals surface area contributed by atoms with Crippen LogP contribution in [0.25, 0.3) is 0 Å². The van der Waals surface area contributed by atoms with Crippen LogP contribution in [0.1, 0.15) is 18.3 Å². The molecule has 0 spiro atoms. The van der Waals surface area contributed by atoms with Crippen LogP contribution in [-0.4, -0.2) is 28.4 Å². The largest absolute Gasteiger partial charge is 0.335 e. The molecule has 108 valence electrons. The number of likely N-dealkylation sites (N-methyl/N-ethyl adjacent to an activating group) is 1. The quantitative estimate of drug-likeness (QED) is 0.794. The molecule has 2 aromatic rings. The maximum Gasteiger partial charge on any atom is 0.110 e. The molecule has 3 nitrogen and oxygen atoms in total. The Bertz CT molecular complexity index is 536. The van der Waals surface area contributed by atoms with E-state index in [1.165, 1.54) is 10.5 Å². The summed E-state index contributed by atoms with van der Waals surface area (Å²) in [4.78, 5) is 5.83. The molecule has 1 unspecified atom stereocenters. The molecule has 0 aliphatic heterocycles. The van der Waals surface area contributed by atoms with Crippen LogP contribution < -0.4 is 5.32 Å². The van der Waals surface area contributed by atoms with Crippen LogP contribution in [0.2, 0.25) is 0 Å². The molecule has 0 amide bonds.